The van der Waals surface area contributed by atoms with E-state index in [1.54, 1.807) is 6.33 Å². The molecule has 1 aromatic heterocycles. The molecule has 1 aliphatic carbocycles. The molecule has 0 saturated heterocycles. The predicted octanol–water partition coefficient (Wildman–Crippen LogP) is 1.47. The van der Waals surface area contributed by atoms with E-state index in [1.165, 1.54) is 32.1 Å². The van der Waals surface area contributed by atoms with Crippen LogP contribution in [0.25, 0.3) is 0 Å². The molecule has 2 heterocycles. The Morgan fingerprint density at radius 1 is 1.33 bits per heavy atom. The fourth-order valence-electron chi connectivity index (χ4n) is 3.17. The van der Waals surface area contributed by atoms with Crippen molar-refractivity contribution in [2.45, 2.75) is 51.6 Å². The third kappa shape index (κ3) is 2.34. The third-order valence-corrected chi connectivity index (χ3v) is 4.24. The van der Waals surface area contributed by atoms with Gasteiger partial charge in [-0.3, -0.25) is 9.36 Å². The second-order valence-electron chi connectivity index (χ2n) is 5.56. The van der Waals surface area contributed by atoms with Crippen molar-refractivity contribution in [1.82, 2.24) is 14.9 Å². The number of rotatable bonds is 2. The van der Waals surface area contributed by atoms with Crippen LogP contribution < -0.4 is 10.9 Å². The third-order valence-electron chi connectivity index (χ3n) is 4.24. The zero-order chi connectivity index (χ0) is 12.4. The molecule has 3 rings (SSSR count). The Hall–Kier alpha value is -1.16. The summed E-state index contributed by atoms with van der Waals surface area (Å²) < 4.78 is 1.85. The summed E-state index contributed by atoms with van der Waals surface area (Å²) in [4.78, 5) is 16.8. The summed E-state index contributed by atoms with van der Waals surface area (Å²) in [6, 6.07) is 0. The number of hydrogen-bond donors (Lipinski definition) is 1. The monoisotopic (exact) mass is 247 g/mol. The molecule has 0 amide bonds. The van der Waals surface area contributed by atoms with Crippen molar-refractivity contribution in [3.63, 3.8) is 0 Å². The lowest BCUT2D eigenvalue weighted by Gasteiger charge is -2.23. The van der Waals surface area contributed by atoms with Crippen LogP contribution in [0.5, 0.6) is 0 Å². The van der Waals surface area contributed by atoms with Crippen LogP contribution in [0, 0.1) is 5.92 Å². The first-order valence-electron chi connectivity index (χ1n) is 7.12. The van der Waals surface area contributed by atoms with Crippen LogP contribution in [-0.2, 0) is 19.5 Å². The molecule has 0 radical (unpaired) electrons. The molecule has 4 nitrogen and oxygen atoms in total. The van der Waals surface area contributed by atoms with Gasteiger partial charge in [-0.25, -0.2) is 4.98 Å². The van der Waals surface area contributed by atoms with E-state index < -0.39 is 0 Å². The topological polar surface area (TPSA) is 46.9 Å². The summed E-state index contributed by atoms with van der Waals surface area (Å²) in [5.74, 6) is 0.679. The van der Waals surface area contributed by atoms with Gasteiger partial charge < -0.3 is 5.32 Å². The highest BCUT2D eigenvalue weighted by Crippen LogP contribution is 2.24. The molecule has 1 N–H and O–H groups in total. The summed E-state index contributed by atoms with van der Waals surface area (Å²) in [7, 11) is 0. The van der Waals surface area contributed by atoms with E-state index in [0.29, 0.717) is 5.92 Å². The predicted molar refractivity (Wildman–Crippen MR) is 70.5 cm³/mol. The van der Waals surface area contributed by atoms with Crippen LogP contribution in [0.1, 0.15) is 43.4 Å². The molecule has 18 heavy (non-hydrogen) atoms. The summed E-state index contributed by atoms with van der Waals surface area (Å²) >= 11 is 0. The van der Waals surface area contributed by atoms with E-state index in [9.17, 15) is 4.79 Å². The Labute approximate surface area is 107 Å². The molecule has 1 fully saturated rings. The van der Waals surface area contributed by atoms with Gasteiger partial charge >= 0.3 is 0 Å². The first kappa shape index (κ1) is 11.9. The average molecular weight is 247 g/mol. The second kappa shape index (κ2) is 5.22. The molecule has 0 bridgehead atoms. The smallest absolute Gasteiger partial charge is 0.256 e. The normalized spacial score (nSPS) is 20.7. The maximum atomic E-state index is 12.4. The Balaban J connectivity index is 1.81. The van der Waals surface area contributed by atoms with E-state index in [4.69, 9.17) is 0 Å². The van der Waals surface area contributed by atoms with E-state index in [2.05, 4.69) is 10.3 Å². The van der Waals surface area contributed by atoms with Gasteiger partial charge in [0.25, 0.3) is 5.56 Å². The standard InChI is InChI=1S/C14H21N3O/c18-14-12-6-7-15-8-13(12)16-10-17(14)9-11-4-2-1-3-5-11/h10-11,15H,1-9H2. The quantitative estimate of drug-likeness (QED) is 0.861. The Kier molecular flexibility index (Phi) is 3.46. The fraction of sp³-hybridized carbons (Fsp3) is 0.714. The summed E-state index contributed by atoms with van der Waals surface area (Å²) in [6.07, 6.45) is 9.12. The minimum absolute atomic E-state index is 0.201. The zero-order valence-electron chi connectivity index (χ0n) is 10.8. The lowest BCUT2D eigenvalue weighted by molar-refractivity contribution is 0.313. The molecule has 0 spiro atoms. The second-order valence-corrected chi connectivity index (χ2v) is 5.56. The summed E-state index contributed by atoms with van der Waals surface area (Å²) in [6.45, 7) is 2.51. The summed E-state index contributed by atoms with van der Waals surface area (Å²) in [5, 5.41) is 3.26. The Bertz CT molecular complexity index is 474. The van der Waals surface area contributed by atoms with Crippen LogP contribution in [-0.4, -0.2) is 16.1 Å². The van der Waals surface area contributed by atoms with Crippen molar-refractivity contribution in [3.8, 4) is 0 Å². The highest BCUT2D eigenvalue weighted by atomic mass is 16.1. The minimum Gasteiger partial charge on any atom is -0.311 e. The van der Waals surface area contributed by atoms with Gasteiger partial charge in [-0.05, 0) is 31.7 Å². The van der Waals surface area contributed by atoms with Crippen LogP contribution in [0.15, 0.2) is 11.1 Å². The Morgan fingerprint density at radius 2 is 2.17 bits per heavy atom. The van der Waals surface area contributed by atoms with Gasteiger partial charge in [-0.1, -0.05) is 19.3 Å². The molecule has 1 aliphatic heterocycles. The maximum absolute atomic E-state index is 12.4. The summed E-state index contributed by atoms with van der Waals surface area (Å²) in [5.41, 5.74) is 2.09. The van der Waals surface area contributed by atoms with Gasteiger partial charge in [0.15, 0.2) is 0 Å². The Morgan fingerprint density at radius 3 is 3.00 bits per heavy atom. The van der Waals surface area contributed by atoms with Crippen LogP contribution in [0.4, 0.5) is 0 Å². The molecule has 1 saturated carbocycles. The molecular weight excluding hydrogens is 226 g/mol. The van der Waals surface area contributed by atoms with Crippen molar-refractivity contribution in [2.24, 2.45) is 5.92 Å². The van der Waals surface area contributed by atoms with Gasteiger partial charge in [-0.2, -0.15) is 0 Å². The van der Waals surface area contributed by atoms with Crippen molar-refractivity contribution in [2.75, 3.05) is 6.54 Å². The first-order valence-corrected chi connectivity index (χ1v) is 7.12. The maximum Gasteiger partial charge on any atom is 0.256 e. The zero-order valence-corrected chi connectivity index (χ0v) is 10.8. The van der Waals surface area contributed by atoms with E-state index in [-0.39, 0.29) is 5.56 Å². The number of aromatic nitrogens is 2. The highest BCUT2D eigenvalue weighted by Gasteiger charge is 2.18. The molecule has 0 aromatic carbocycles. The van der Waals surface area contributed by atoms with Gasteiger partial charge in [0, 0.05) is 18.7 Å². The van der Waals surface area contributed by atoms with Crippen molar-refractivity contribution < 1.29 is 0 Å². The van der Waals surface area contributed by atoms with Crippen LogP contribution in [0.3, 0.4) is 0 Å². The number of nitrogens with zero attached hydrogens (tertiary/aromatic N) is 2. The van der Waals surface area contributed by atoms with Crippen LogP contribution >= 0.6 is 0 Å². The average Bonchev–Trinajstić information content (AvgIpc) is 2.43. The molecule has 98 valence electrons. The molecular formula is C14H21N3O. The van der Waals surface area contributed by atoms with Crippen molar-refractivity contribution in [3.05, 3.63) is 27.9 Å². The van der Waals surface area contributed by atoms with E-state index in [0.717, 1.165) is 37.3 Å². The van der Waals surface area contributed by atoms with E-state index >= 15 is 0 Å². The number of nitrogens with one attached hydrogen (secondary N) is 1. The number of hydrogen-bond acceptors (Lipinski definition) is 3. The van der Waals surface area contributed by atoms with Crippen molar-refractivity contribution >= 4 is 0 Å². The molecule has 4 heteroatoms. The van der Waals surface area contributed by atoms with Gasteiger partial charge in [-0.15, -0.1) is 0 Å². The lowest BCUT2D eigenvalue weighted by Crippen LogP contribution is -2.35. The first-order chi connectivity index (χ1) is 8.84. The lowest BCUT2D eigenvalue weighted by atomic mass is 9.89. The molecule has 1 aromatic rings. The number of fused-ring (bicyclic) bond motifs is 1. The fourth-order valence-corrected chi connectivity index (χ4v) is 3.17. The molecule has 0 atom stereocenters. The highest BCUT2D eigenvalue weighted by molar-refractivity contribution is 5.19. The largest absolute Gasteiger partial charge is 0.311 e. The van der Waals surface area contributed by atoms with Gasteiger partial charge in [0.05, 0.1) is 12.0 Å². The SMILES string of the molecule is O=c1c2c(ncn1CC1CCCCC1)CNCC2. The van der Waals surface area contributed by atoms with E-state index in [1.807, 2.05) is 4.57 Å². The van der Waals surface area contributed by atoms with Crippen molar-refractivity contribution in [1.29, 1.82) is 0 Å². The van der Waals surface area contributed by atoms with Gasteiger partial charge in [0.1, 0.15) is 0 Å². The van der Waals surface area contributed by atoms with Crippen LogP contribution in [0.2, 0.25) is 0 Å². The molecule has 2 aliphatic rings. The minimum atomic E-state index is 0.201. The molecule has 0 unspecified atom stereocenters. The van der Waals surface area contributed by atoms with Gasteiger partial charge in [0.2, 0.25) is 0 Å².